The van der Waals surface area contributed by atoms with Crippen molar-refractivity contribution in [2.75, 3.05) is 11.9 Å². The second-order valence-electron chi connectivity index (χ2n) is 9.53. The summed E-state index contributed by atoms with van der Waals surface area (Å²) in [5, 5.41) is 15.6. The molecule has 0 aromatic heterocycles. The number of nitrogens with one attached hydrogen (secondary N) is 1. The first-order chi connectivity index (χ1) is 17.4. The van der Waals surface area contributed by atoms with Crippen LogP contribution in [0.25, 0.3) is 0 Å². The number of para-hydroxylation sites is 1. The monoisotopic (exact) mass is 551 g/mol. The molecule has 3 aromatic rings. The molecule has 1 amide bonds. The Kier molecular flexibility index (Phi) is 5.57. The summed E-state index contributed by atoms with van der Waals surface area (Å²) in [5.74, 6) is -0.515. The van der Waals surface area contributed by atoms with Crippen molar-refractivity contribution in [1.82, 2.24) is 4.90 Å². The first-order valence-corrected chi connectivity index (χ1v) is 12.7. The molecule has 3 aliphatic heterocycles. The molecule has 0 aliphatic carbocycles. The summed E-state index contributed by atoms with van der Waals surface area (Å²) in [6.07, 6.45) is 1.66. The van der Waals surface area contributed by atoms with E-state index in [-0.39, 0.29) is 29.3 Å². The number of nitro groups is 1. The maximum Gasteiger partial charge on any atom is 0.256 e. The second-order valence-corrected chi connectivity index (χ2v) is 10.4. The minimum atomic E-state index is -1.34. The number of halogens is 2. The van der Waals surface area contributed by atoms with E-state index in [1.807, 2.05) is 30.3 Å². The lowest BCUT2D eigenvalue weighted by atomic mass is 9.77. The highest BCUT2D eigenvalue weighted by Crippen LogP contribution is 2.58. The van der Waals surface area contributed by atoms with Gasteiger partial charge in [-0.3, -0.25) is 19.8 Å². The number of ether oxygens (including phenoxy) is 1. The van der Waals surface area contributed by atoms with E-state index in [1.54, 1.807) is 24.3 Å². The van der Waals surface area contributed by atoms with Crippen LogP contribution in [-0.4, -0.2) is 34.4 Å². The summed E-state index contributed by atoms with van der Waals surface area (Å²) in [6.45, 7) is 0.892. The number of anilines is 1. The number of hydrogen-bond donors (Lipinski definition) is 1. The first kappa shape index (κ1) is 23.1. The summed E-state index contributed by atoms with van der Waals surface area (Å²) in [7, 11) is 0. The van der Waals surface area contributed by atoms with Gasteiger partial charge in [-0.05, 0) is 70.2 Å². The van der Waals surface area contributed by atoms with Gasteiger partial charge in [-0.25, -0.2) is 4.39 Å². The third-order valence-corrected chi connectivity index (χ3v) is 8.36. The van der Waals surface area contributed by atoms with E-state index in [1.165, 1.54) is 12.1 Å². The SMILES string of the molecule is O=C1Nc2ccccc2[C@]12[C@H]([N+](=O)[O-])[C@@H](c1ccc(OCc3ccc(F)cc3)c(Br)c1)[C@@H]1CCCN12. The van der Waals surface area contributed by atoms with E-state index in [9.17, 15) is 19.3 Å². The number of rotatable bonds is 5. The molecule has 0 radical (unpaired) electrons. The molecule has 1 N–H and O–H groups in total. The number of carbonyl (C=O) groups is 1. The standard InChI is InChI=1S/C27H23BrFN3O4/c28-20-14-17(9-12-23(20)36-15-16-7-10-18(29)11-8-16)24-22-6-3-13-31(22)27(25(24)32(34)35)19-4-1-2-5-21(19)30-26(27)33/h1-2,4-5,7-12,14,22,24-25H,3,6,13,15H2,(H,30,33)/t22-,24-,25+,27-/m0/s1. The van der Waals surface area contributed by atoms with Gasteiger partial charge in [0, 0.05) is 28.8 Å². The Morgan fingerprint density at radius 3 is 2.69 bits per heavy atom. The molecule has 0 saturated carbocycles. The number of carbonyl (C=O) groups excluding carboxylic acids is 1. The van der Waals surface area contributed by atoms with Gasteiger partial charge in [-0.1, -0.05) is 36.4 Å². The van der Waals surface area contributed by atoms with Gasteiger partial charge in [0.1, 0.15) is 18.2 Å². The quantitative estimate of drug-likeness (QED) is 0.347. The first-order valence-electron chi connectivity index (χ1n) is 11.9. The number of amides is 1. The maximum absolute atomic E-state index is 13.5. The molecule has 3 aliphatic rings. The van der Waals surface area contributed by atoms with Gasteiger partial charge in [0.25, 0.3) is 11.9 Å². The molecule has 3 heterocycles. The zero-order chi connectivity index (χ0) is 25.0. The van der Waals surface area contributed by atoms with Gasteiger partial charge < -0.3 is 10.1 Å². The highest BCUT2D eigenvalue weighted by atomic mass is 79.9. The molecule has 36 heavy (non-hydrogen) atoms. The molecule has 3 aromatic carbocycles. The smallest absolute Gasteiger partial charge is 0.256 e. The van der Waals surface area contributed by atoms with Crippen LogP contribution in [0.1, 0.15) is 35.4 Å². The summed E-state index contributed by atoms with van der Waals surface area (Å²) in [4.78, 5) is 28.0. The Balaban J connectivity index is 1.37. The summed E-state index contributed by atoms with van der Waals surface area (Å²) >= 11 is 3.57. The lowest BCUT2D eigenvalue weighted by Crippen LogP contribution is -2.55. The van der Waals surface area contributed by atoms with Crippen molar-refractivity contribution in [1.29, 1.82) is 0 Å². The average molecular weight is 552 g/mol. The third-order valence-electron chi connectivity index (χ3n) is 7.74. The van der Waals surface area contributed by atoms with E-state index in [4.69, 9.17) is 4.74 Å². The van der Waals surface area contributed by atoms with Gasteiger partial charge in [0.2, 0.25) is 0 Å². The summed E-state index contributed by atoms with van der Waals surface area (Å²) < 4.78 is 19.8. The van der Waals surface area contributed by atoms with Gasteiger partial charge >= 0.3 is 0 Å². The van der Waals surface area contributed by atoms with Crippen molar-refractivity contribution in [3.05, 3.63) is 104 Å². The fraction of sp³-hybridized carbons (Fsp3) is 0.296. The van der Waals surface area contributed by atoms with Crippen molar-refractivity contribution in [3.8, 4) is 5.75 Å². The van der Waals surface area contributed by atoms with E-state index in [0.29, 0.717) is 28.0 Å². The normalized spacial score (nSPS) is 26.6. The highest BCUT2D eigenvalue weighted by molar-refractivity contribution is 9.10. The van der Waals surface area contributed by atoms with Gasteiger partial charge in [0.15, 0.2) is 5.54 Å². The molecule has 6 rings (SSSR count). The number of hydrogen-bond acceptors (Lipinski definition) is 5. The molecule has 184 valence electrons. The Hall–Kier alpha value is -3.30. The minimum Gasteiger partial charge on any atom is -0.488 e. The van der Waals surface area contributed by atoms with Crippen LogP contribution in [0.5, 0.6) is 5.75 Å². The molecule has 9 heteroatoms. The van der Waals surface area contributed by atoms with Gasteiger partial charge in [-0.2, -0.15) is 0 Å². The second kappa shape index (κ2) is 8.67. The number of fused-ring (bicyclic) bond motifs is 4. The van der Waals surface area contributed by atoms with Crippen LogP contribution in [0.2, 0.25) is 0 Å². The van der Waals surface area contributed by atoms with E-state index in [0.717, 1.165) is 24.0 Å². The Labute approximate surface area is 215 Å². The lowest BCUT2D eigenvalue weighted by Gasteiger charge is -2.32. The van der Waals surface area contributed by atoms with Crippen LogP contribution in [0.15, 0.2) is 71.2 Å². The average Bonchev–Trinajstić information content (AvgIpc) is 3.52. The predicted octanol–water partition coefficient (Wildman–Crippen LogP) is 5.22. The van der Waals surface area contributed by atoms with E-state index >= 15 is 0 Å². The molecule has 7 nitrogen and oxygen atoms in total. The Bertz CT molecular complexity index is 1370. The van der Waals surface area contributed by atoms with Crippen LogP contribution in [0.3, 0.4) is 0 Å². The van der Waals surface area contributed by atoms with Crippen LogP contribution in [0, 0.1) is 15.9 Å². The molecular formula is C27H23BrFN3O4. The topological polar surface area (TPSA) is 84.7 Å². The molecule has 4 atom stereocenters. The Morgan fingerprint density at radius 1 is 1.17 bits per heavy atom. The zero-order valence-corrected chi connectivity index (χ0v) is 20.8. The Morgan fingerprint density at radius 2 is 1.94 bits per heavy atom. The third kappa shape index (κ3) is 3.37. The highest BCUT2D eigenvalue weighted by Gasteiger charge is 2.73. The molecule has 1 spiro atoms. The molecule has 2 saturated heterocycles. The lowest BCUT2D eigenvalue weighted by molar-refractivity contribution is -0.534. The fourth-order valence-corrected chi connectivity index (χ4v) is 6.87. The summed E-state index contributed by atoms with van der Waals surface area (Å²) in [6, 6.07) is 17.7. The van der Waals surface area contributed by atoms with Crippen LogP contribution < -0.4 is 10.1 Å². The van der Waals surface area contributed by atoms with Crippen LogP contribution in [0.4, 0.5) is 10.1 Å². The minimum absolute atomic E-state index is 0.129. The number of nitrogens with zero attached hydrogens (tertiary/aromatic N) is 2. The summed E-state index contributed by atoms with van der Waals surface area (Å²) in [5.41, 5.74) is 1.61. The van der Waals surface area contributed by atoms with Crippen molar-refractivity contribution in [3.63, 3.8) is 0 Å². The maximum atomic E-state index is 13.5. The van der Waals surface area contributed by atoms with Crippen LogP contribution >= 0.6 is 15.9 Å². The van der Waals surface area contributed by atoms with Crippen LogP contribution in [-0.2, 0) is 16.9 Å². The largest absolute Gasteiger partial charge is 0.488 e. The van der Waals surface area contributed by atoms with E-state index < -0.39 is 17.5 Å². The van der Waals surface area contributed by atoms with Crippen molar-refractivity contribution >= 4 is 27.5 Å². The van der Waals surface area contributed by atoms with Crippen molar-refractivity contribution < 1.29 is 18.8 Å². The molecular weight excluding hydrogens is 529 g/mol. The van der Waals surface area contributed by atoms with Crippen molar-refractivity contribution in [2.24, 2.45) is 0 Å². The zero-order valence-electron chi connectivity index (χ0n) is 19.2. The number of benzene rings is 3. The van der Waals surface area contributed by atoms with Crippen molar-refractivity contribution in [2.45, 2.75) is 43.0 Å². The fourth-order valence-electron chi connectivity index (χ4n) is 6.36. The molecule has 0 bridgehead atoms. The predicted molar refractivity (Wildman–Crippen MR) is 135 cm³/mol. The molecule has 0 unspecified atom stereocenters. The molecule has 2 fully saturated rings. The van der Waals surface area contributed by atoms with Gasteiger partial charge in [0.05, 0.1) is 10.4 Å². The van der Waals surface area contributed by atoms with E-state index in [2.05, 4.69) is 26.1 Å². The van der Waals surface area contributed by atoms with Gasteiger partial charge in [-0.15, -0.1) is 0 Å².